The van der Waals surface area contributed by atoms with Gasteiger partial charge in [0, 0.05) is 10.4 Å². The van der Waals surface area contributed by atoms with E-state index in [1.165, 1.54) is 11.3 Å². The maximum atomic E-state index is 9.73. The molecule has 0 spiro atoms. The fraction of sp³-hybridized carbons (Fsp3) is 0. The average Bonchev–Trinajstić information content (AvgIpc) is 2.50. The fourth-order valence-corrected chi connectivity index (χ4v) is 2.54. The van der Waals surface area contributed by atoms with E-state index in [9.17, 15) is 5.11 Å². The number of thiophene rings is 1. The Balaban J connectivity index is 2.82. The first-order valence-corrected chi connectivity index (χ1v) is 5.22. The van der Waals surface area contributed by atoms with Gasteiger partial charge in [-0.15, -0.1) is 24.0 Å². The van der Waals surface area contributed by atoms with Crippen molar-refractivity contribution in [1.82, 2.24) is 0 Å². The van der Waals surface area contributed by atoms with Gasteiger partial charge in [-0.05, 0) is 22.9 Å². The second-order valence-electron chi connectivity index (χ2n) is 2.87. The lowest BCUT2D eigenvalue weighted by molar-refractivity contribution is 0.419. The number of thiol groups is 1. The number of hydrogen-bond donors (Lipinski definition) is 4. The highest BCUT2D eigenvalue weighted by Crippen LogP contribution is 2.30. The molecule has 14 heavy (non-hydrogen) atoms. The highest BCUT2D eigenvalue weighted by atomic mass is 32.1. The normalized spacial score (nSPS) is 10.8. The summed E-state index contributed by atoms with van der Waals surface area (Å²) < 4.78 is 0.644. The first kappa shape index (κ1) is 9.85. The minimum Gasteiger partial charge on any atom is -0.507 e. The summed E-state index contributed by atoms with van der Waals surface area (Å²) in [6.45, 7) is 0. The molecule has 0 fully saturated rings. The van der Waals surface area contributed by atoms with Gasteiger partial charge in [-0.2, -0.15) is 0 Å². The van der Waals surface area contributed by atoms with Crippen molar-refractivity contribution in [1.29, 1.82) is 0 Å². The van der Waals surface area contributed by atoms with Crippen LogP contribution in [0.4, 0.5) is 0 Å². The molecule has 0 amide bonds. The summed E-state index contributed by atoms with van der Waals surface area (Å²) in [5, 5.41) is 30.5. The van der Waals surface area contributed by atoms with Crippen LogP contribution in [0.5, 0.6) is 5.75 Å². The molecular formula is C8H7BO3S2. The van der Waals surface area contributed by atoms with Crippen LogP contribution < -0.4 is 5.46 Å². The van der Waals surface area contributed by atoms with E-state index in [0.29, 0.717) is 9.60 Å². The van der Waals surface area contributed by atoms with Gasteiger partial charge in [0.15, 0.2) is 0 Å². The Morgan fingerprint density at radius 3 is 2.71 bits per heavy atom. The van der Waals surface area contributed by atoms with Crippen molar-refractivity contribution in [3.05, 3.63) is 17.5 Å². The molecule has 0 bridgehead atoms. The van der Waals surface area contributed by atoms with E-state index in [-0.39, 0.29) is 11.2 Å². The SMILES string of the molecule is OB(O)c1c(S)cc2ccsc2c1O. The minimum atomic E-state index is -1.70. The molecule has 0 unspecified atom stereocenters. The molecule has 72 valence electrons. The third kappa shape index (κ3) is 1.40. The van der Waals surface area contributed by atoms with Crippen molar-refractivity contribution in [3.8, 4) is 5.75 Å². The second kappa shape index (κ2) is 3.47. The molecule has 0 saturated carbocycles. The summed E-state index contributed by atoms with van der Waals surface area (Å²) in [7, 11) is -1.70. The molecule has 1 aromatic heterocycles. The van der Waals surface area contributed by atoms with E-state index < -0.39 is 7.12 Å². The van der Waals surface area contributed by atoms with Crippen LogP contribution in [0.25, 0.3) is 10.1 Å². The van der Waals surface area contributed by atoms with Gasteiger partial charge in [0.25, 0.3) is 0 Å². The lowest BCUT2D eigenvalue weighted by atomic mass is 9.79. The average molecular weight is 226 g/mol. The van der Waals surface area contributed by atoms with Crippen LogP contribution in [0, 0.1) is 0 Å². The molecule has 3 nitrogen and oxygen atoms in total. The number of rotatable bonds is 1. The van der Waals surface area contributed by atoms with Crippen LogP contribution in [0.15, 0.2) is 22.4 Å². The summed E-state index contributed by atoms with van der Waals surface area (Å²) in [6, 6.07) is 3.54. The lowest BCUT2D eigenvalue weighted by Crippen LogP contribution is -2.31. The van der Waals surface area contributed by atoms with Gasteiger partial charge in [0.2, 0.25) is 0 Å². The van der Waals surface area contributed by atoms with E-state index in [1.54, 1.807) is 6.07 Å². The first-order valence-electron chi connectivity index (χ1n) is 3.89. The summed E-state index contributed by atoms with van der Waals surface area (Å²) in [6.07, 6.45) is 0. The number of benzene rings is 1. The van der Waals surface area contributed by atoms with Gasteiger partial charge in [-0.3, -0.25) is 0 Å². The van der Waals surface area contributed by atoms with Crippen molar-refractivity contribution in [2.45, 2.75) is 4.90 Å². The third-order valence-corrected chi connectivity index (χ3v) is 3.30. The standard InChI is InChI=1S/C8H7BO3S2/c10-7-6(9(11)12)5(13)3-4-1-2-14-8(4)7/h1-3,10-13H. The largest absolute Gasteiger partial charge is 0.507 e. The minimum absolute atomic E-state index is 0.0586. The molecule has 2 rings (SSSR count). The van der Waals surface area contributed by atoms with Gasteiger partial charge in [0.1, 0.15) is 5.75 Å². The highest BCUT2D eigenvalue weighted by molar-refractivity contribution is 7.80. The van der Waals surface area contributed by atoms with Crippen LogP contribution >= 0.6 is 24.0 Å². The molecule has 0 aliphatic carbocycles. The molecule has 0 atom stereocenters. The van der Waals surface area contributed by atoms with Crippen molar-refractivity contribution >= 4 is 46.6 Å². The zero-order chi connectivity index (χ0) is 10.3. The van der Waals surface area contributed by atoms with Crippen LogP contribution in [0.3, 0.4) is 0 Å². The Bertz CT molecular complexity index is 481. The molecular weight excluding hydrogens is 219 g/mol. The van der Waals surface area contributed by atoms with Crippen LogP contribution in [-0.4, -0.2) is 22.3 Å². The lowest BCUT2D eigenvalue weighted by Gasteiger charge is -2.07. The van der Waals surface area contributed by atoms with E-state index in [2.05, 4.69) is 12.6 Å². The Kier molecular flexibility index (Phi) is 2.44. The van der Waals surface area contributed by atoms with Gasteiger partial charge in [-0.25, -0.2) is 0 Å². The smallest absolute Gasteiger partial charge is 0.493 e. The van der Waals surface area contributed by atoms with Crippen LogP contribution in [0.1, 0.15) is 0 Å². The maximum absolute atomic E-state index is 9.73. The summed E-state index contributed by atoms with van der Waals surface area (Å²) in [5.41, 5.74) is 0.0586. The van der Waals surface area contributed by atoms with Crippen molar-refractivity contribution in [3.63, 3.8) is 0 Å². The van der Waals surface area contributed by atoms with Crippen molar-refractivity contribution < 1.29 is 15.2 Å². The van der Waals surface area contributed by atoms with E-state index in [4.69, 9.17) is 10.0 Å². The Hall–Kier alpha value is -0.685. The number of aromatic hydroxyl groups is 1. The Morgan fingerprint density at radius 2 is 2.07 bits per heavy atom. The van der Waals surface area contributed by atoms with E-state index >= 15 is 0 Å². The molecule has 3 N–H and O–H groups in total. The monoisotopic (exact) mass is 226 g/mol. The first-order chi connectivity index (χ1) is 6.61. The molecule has 0 aliphatic heterocycles. The molecule has 6 heteroatoms. The molecule has 1 heterocycles. The van der Waals surface area contributed by atoms with Crippen LogP contribution in [-0.2, 0) is 0 Å². The zero-order valence-electron chi connectivity index (χ0n) is 7.01. The molecule has 0 aliphatic rings. The number of fused-ring (bicyclic) bond motifs is 1. The topological polar surface area (TPSA) is 60.7 Å². The van der Waals surface area contributed by atoms with Crippen molar-refractivity contribution in [2.75, 3.05) is 0 Å². The van der Waals surface area contributed by atoms with Gasteiger partial charge in [-0.1, -0.05) is 0 Å². The maximum Gasteiger partial charge on any atom is 0.493 e. The summed E-state index contributed by atoms with van der Waals surface area (Å²) in [4.78, 5) is 0.378. The fourth-order valence-electron chi connectivity index (χ4n) is 1.35. The Morgan fingerprint density at radius 1 is 1.36 bits per heavy atom. The van der Waals surface area contributed by atoms with Gasteiger partial charge >= 0.3 is 7.12 Å². The van der Waals surface area contributed by atoms with Gasteiger partial charge in [0.05, 0.1) is 4.70 Å². The molecule has 1 aromatic carbocycles. The quantitative estimate of drug-likeness (QED) is 0.425. The number of hydrogen-bond acceptors (Lipinski definition) is 5. The van der Waals surface area contributed by atoms with Crippen LogP contribution in [0.2, 0.25) is 0 Å². The Labute approximate surface area is 90.2 Å². The van der Waals surface area contributed by atoms with E-state index in [0.717, 1.165) is 5.39 Å². The molecule has 0 radical (unpaired) electrons. The molecule has 0 saturated heterocycles. The summed E-state index contributed by atoms with van der Waals surface area (Å²) in [5.74, 6) is -0.0995. The second-order valence-corrected chi connectivity index (χ2v) is 4.27. The third-order valence-electron chi connectivity index (χ3n) is 1.99. The predicted octanol–water partition coefficient (Wildman–Crippen LogP) is 0.575. The van der Waals surface area contributed by atoms with Crippen molar-refractivity contribution in [2.24, 2.45) is 0 Å². The number of phenols is 1. The number of phenolic OH excluding ortho intramolecular Hbond substituents is 1. The summed E-state index contributed by atoms with van der Waals surface area (Å²) >= 11 is 5.43. The predicted molar refractivity (Wildman–Crippen MR) is 60.6 cm³/mol. The van der Waals surface area contributed by atoms with Gasteiger partial charge < -0.3 is 15.2 Å². The zero-order valence-corrected chi connectivity index (χ0v) is 8.72. The van der Waals surface area contributed by atoms with E-state index in [1.807, 2.05) is 11.4 Å². The molecule has 2 aromatic rings. The highest BCUT2D eigenvalue weighted by Gasteiger charge is 2.21.